The first-order valence-corrected chi connectivity index (χ1v) is 27.2. The quantitative estimate of drug-likeness (QED) is 0.149. The number of furan rings is 2. The second-order valence-corrected chi connectivity index (χ2v) is 21.0. The van der Waals surface area contributed by atoms with Gasteiger partial charge in [0.15, 0.2) is 0 Å². The molecule has 368 valence electrons. The van der Waals surface area contributed by atoms with Crippen molar-refractivity contribution in [3.63, 3.8) is 0 Å². The molecule has 0 atom stereocenters. The summed E-state index contributed by atoms with van der Waals surface area (Å²) in [7, 11) is 0. The van der Waals surface area contributed by atoms with Crippen molar-refractivity contribution in [2.75, 3.05) is 14.7 Å². The minimum Gasteiger partial charge on any atom is -0.456 e. The van der Waals surface area contributed by atoms with Gasteiger partial charge in [-0.2, -0.15) is 0 Å². The Bertz CT molecular complexity index is 4710. The molecule has 12 aromatic carbocycles. The standard InChI is InChI=1S/C73H46BN3O2/c1-6-23-47(24-7-1)73(48-25-8-2-9-26-48)56-36-19-16-33-53(56)67-57(73)41-42-58-71(67)76(50-29-12-4-13-30-50)61-45-52(75(49-27-10-3-11-28-49)60-37-22-40-65-68(60)54-34-17-20-38-63(54)78-65)46-62-70(61)74(58)59-43-44-66-69(55-35-18-21-39-64(55)79-66)72(59)77(62)51-31-14-5-15-32-51/h1-46H. The topological polar surface area (TPSA) is 36.0 Å². The van der Waals surface area contributed by atoms with Crippen molar-refractivity contribution in [1.29, 1.82) is 0 Å². The Morgan fingerprint density at radius 1 is 0.367 bits per heavy atom. The summed E-state index contributed by atoms with van der Waals surface area (Å²) in [5.74, 6) is 0. The van der Waals surface area contributed by atoms with Crippen molar-refractivity contribution in [3.8, 4) is 11.1 Å². The molecule has 0 saturated carbocycles. The smallest absolute Gasteiger partial charge is 0.252 e. The molecule has 6 heteroatoms. The Hall–Kier alpha value is -10.3. The van der Waals surface area contributed by atoms with Crippen LogP contribution < -0.4 is 31.1 Å². The van der Waals surface area contributed by atoms with E-state index in [1.54, 1.807) is 0 Å². The molecule has 0 fully saturated rings. The Kier molecular flexibility index (Phi) is 9.36. The van der Waals surface area contributed by atoms with Gasteiger partial charge < -0.3 is 23.5 Å². The summed E-state index contributed by atoms with van der Waals surface area (Å²) in [5.41, 5.74) is 23.6. The zero-order valence-electron chi connectivity index (χ0n) is 42.8. The van der Waals surface area contributed by atoms with E-state index < -0.39 is 5.41 Å². The second-order valence-electron chi connectivity index (χ2n) is 21.0. The van der Waals surface area contributed by atoms with Crippen LogP contribution >= 0.6 is 0 Å². The van der Waals surface area contributed by atoms with E-state index in [1.807, 2.05) is 0 Å². The summed E-state index contributed by atoms with van der Waals surface area (Å²) >= 11 is 0. The van der Waals surface area contributed by atoms with Gasteiger partial charge in [0.25, 0.3) is 6.71 Å². The predicted molar refractivity (Wildman–Crippen MR) is 327 cm³/mol. The number of hydrogen-bond acceptors (Lipinski definition) is 5. The molecule has 4 heterocycles. The van der Waals surface area contributed by atoms with Crippen LogP contribution in [0.2, 0.25) is 0 Å². The van der Waals surface area contributed by atoms with Crippen LogP contribution in [-0.4, -0.2) is 6.71 Å². The lowest BCUT2D eigenvalue weighted by atomic mass is 9.33. The predicted octanol–water partition coefficient (Wildman–Crippen LogP) is 17.4. The van der Waals surface area contributed by atoms with Crippen molar-refractivity contribution in [2.45, 2.75) is 5.41 Å². The Balaban J connectivity index is 1.06. The molecule has 0 bridgehead atoms. The van der Waals surface area contributed by atoms with Gasteiger partial charge in [-0.25, -0.2) is 0 Å². The van der Waals surface area contributed by atoms with Gasteiger partial charge in [-0.15, -0.1) is 0 Å². The molecule has 0 spiro atoms. The minimum atomic E-state index is -0.619. The zero-order chi connectivity index (χ0) is 51.8. The van der Waals surface area contributed by atoms with Crippen LogP contribution in [0.1, 0.15) is 22.3 Å². The second kappa shape index (κ2) is 16.9. The number of hydrogen-bond donors (Lipinski definition) is 0. The number of rotatable bonds is 7. The van der Waals surface area contributed by atoms with Crippen LogP contribution in [-0.2, 0) is 5.41 Å². The van der Waals surface area contributed by atoms with E-state index in [0.717, 1.165) is 89.4 Å². The van der Waals surface area contributed by atoms with E-state index in [1.165, 1.54) is 55.5 Å². The molecule has 3 aliphatic rings. The molecule has 0 radical (unpaired) electrons. The van der Waals surface area contributed by atoms with Crippen LogP contribution in [0.15, 0.2) is 288 Å². The fourth-order valence-corrected chi connectivity index (χ4v) is 14.1. The van der Waals surface area contributed by atoms with Crippen molar-refractivity contribution < 1.29 is 8.83 Å². The first kappa shape index (κ1) is 43.9. The molecule has 17 rings (SSSR count). The number of fused-ring (bicyclic) bond motifs is 15. The Labute approximate surface area is 457 Å². The molecule has 2 aliphatic heterocycles. The van der Waals surface area contributed by atoms with Gasteiger partial charge in [0.2, 0.25) is 0 Å². The van der Waals surface area contributed by atoms with E-state index in [-0.39, 0.29) is 6.71 Å². The molecular formula is C73H46BN3O2. The van der Waals surface area contributed by atoms with Gasteiger partial charge in [-0.3, -0.25) is 0 Å². The SMILES string of the molecule is c1ccc(N2c3cc(N(c4ccccc4)c4cccc5oc6ccccc6c45)cc4c3B(c3ccc5c(c32)-c2ccccc2C5(c2ccccc2)c2ccccc2)c2ccc3oc5ccccc5c3c2N4c2ccccc2)cc1. The van der Waals surface area contributed by atoms with Gasteiger partial charge in [-0.1, -0.05) is 200 Å². The summed E-state index contributed by atoms with van der Waals surface area (Å²) in [5, 5.41) is 4.30. The maximum atomic E-state index is 6.84. The molecule has 1 aliphatic carbocycles. The van der Waals surface area contributed by atoms with Crippen molar-refractivity contribution in [2.24, 2.45) is 0 Å². The van der Waals surface area contributed by atoms with Gasteiger partial charge in [-0.05, 0) is 123 Å². The van der Waals surface area contributed by atoms with Crippen LogP contribution in [0.5, 0.6) is 0 Å². The van der Waals surface area contributed by atoms with Gasteiger partial charge >= 0.3 is 0 Å². The van der Waals surface area contributed by atoms with Crippen molar-refractivity contribution >= 4 is 118 Å². The fraction of sp³-hybridized carbons (Fsp3) is 0.0137. The van der Waals surface area contributed by atoms with Crippen LogP contribution in [0.25, 0.3) is 55.0 Å². The van der Waals surface area contributed by atoms with E-state index >= 15 is 0 Å². The highest BCUT2D eigenvalue weighted by atomic mass is 16.3. The van der Waals surface area contributed by atoms with Crippen LogP contribution in [0.4, 0.5) is 51.2 Å². The maximum Gasteiger partial charge on any atom is 0.252 e. The monoisotopic (exact) mass is 1010 g/mol. The summed E-state index contributed by atoms with van der Waals surface area (Å²) in [6.07, 6.45) is 0. The Morgan fingerprint density at radius 3 is 1.51 bits per heavy atom. The molecule has 0 saturated heterocycles. The average Bonchev–Trinajstić information content (AvgIpc) is 2.99. The van der Waals surface area contributed by atoms with E-state index in [9.17, 15) is 0 Å². The van der Waals surface area contributed by atoms with E-state index in [2.05, 4.69) is 294 Å². The highest BCUT2D eigenvalue weighted by Crippen LogP contribution is 2.61. The number of para-hydroxylation sites is 5. The molecular weight excluding hydrogens is 962 g/mol. The van der Waals surface area contributed by atoms with Gasteiger partial charge in [0, 0.05) is 50.5 Å². The first-order chi connectivity index (χ1) is 39.2. The van der Waals surface area contributed by atoms with Gasteiger partial charge in [0.1, 0.15) is 22.3 Å². The third kappa shape index (κ3) is 6.11. The lowest BCUT2D eigenvalue weighted by Gasteiger charge is -2.46. The molecule has 0 unspecified atom stereocenters. The molecule has 0 amide bonds. The zero-order valence-corrected chi connectivity index (χ0v) is 42.8. The largest absolute Gasteiger partial charge is 0.456 e. The average molecular weight is 1010 g/mol. The fourth-order valence-electron chi connectivity index (χ4n) is 14.1. The number of benzene rings is 12. The molecule has 79 heavy (non-hydrogen) atoms. The van der Waals surface area contributed by atoms with Crippen LogP contribution in [0.3, 0.4) is 0 Å². The van der Waals surface area contributed by atoms with Crippen LogP contribution in [0, 0.1) is 0 Å². The van der Waals surface area contributed by atoms with Crippen molar-refractivity contribution in [3.05, 3.63) is 301 Å². The third-order valence-electron chi connectivity index (χ3n) is 17.1. The number of nitrogens with zero attached hydrogens (tertiary/aromatic N) is 3. The molecule has 14 aromatic rings. The van der Waals surface area contributed by atoms with E-state index in [4.69, 9.17) is 8.83 Å². The molecule has 0 N–H and O–H groups in total. The number of anilines is 9. The summed E-state index contributed by atoms with van der Waals surface area (Å²) in [4.78, 5) is 7.58. The Morgan fingerprint density at radius 2 is 0.861 bits per heavy atom. The summed E-state index contributed by atoms with van der Waals surface area (Å²) < 4.78 is 13.5. The lowest BCUT2D eigenvalue weighted by molar-refractivity contribution is 0.668. The third-order valence-corrected chi connectivity index (χ3v) is 17.1. The first-order valence-electron chi connectivity index (χ1n) is 27.2. The highest BCUT2D eigenvalue weighted by molar-refractivity contribution is 7.00. The lowest BCUT2D eigenvalue weighted by Crippen LogP contribution is -2.61. The molecule has 5 nitrogen and oxygen atoms in total. The highest BCUT2D eigenvalue weighted by Gasteiger charge is 2.52. The minimum absolute atomic E-state index is 0.200. The van der Waals surface area contributed by atoms with Crippen molar-refractivity contribution in [1.82, 2.24) is 0 Å². The normalized spacial score (nSPS) is 13.6. The molecule has 2 aromatic heterocycles. The summed E-state index contributed by atoms with van der Waals surface area (Å²) in [6, 6.07) is 102. The van der Waals surface area contributed by atoms with E-state index in [0.29, 0.717) is 0 Å². The van der Waals surface area contributed by atoms with Gasteiger partial charge in [0.05, 0.1) is 33.2 Å². The maximum absolute atomic E-state index is 6.84. The summed E-state index contributed by atoms with van der Waals surface area (Å²) in [6.45, 7) is -0.200.